The van der Waals surface area contributed by atoms with E-state index in [9.17, 15) is 0 Å². The van der Waals surface area contributed by atoms with Gasteiger partial charge in [0.25, 0.3) is 0 Å². The maximum Gasteiger partial charge on any atom is 0.0377 e. The molecule has 0 amide bonds. The lowest BCUT2D eigenvalue weighted by atomic mass is 9.69. The van der Waals surface area contributed by atoms with Crippen LogP contribution in [-0.2, 0) is 0 Å². The van der Waals surface area contributed by atoms with Crippen LogP contribution in [0.3, 0.4) is 0 Å². The second kappa shape index (κ2) is 4.58. The van der Waals surface area contributed by atoms with Gasteiger partial charge in [0.05, 0.1) is 0 Å². The van der Waals surface area contributed by atoms with E-state index < -0.39 is 0 Å². The molecule has 0 spiro atoms. The van der Waals surface area contributed by atoms with Crippen molar-refractivity contribution in [1.82, 2.24) is 5.32 Å². The summed E-state index contributed by atoms with van der Waals surface area (Å²) >= 11 is 0. The molecule has 1 N–H and O–H groups in total. The second-order valence-corrected chi connectivity index (χ2v) is 5.36. The molecule has 1 saturated heterocycles. The first-order valence-corrected chi connectivity index (χ1v) is 6.47. The fourth-order valence-corrected chi connectivity index (χ4v) is 3.00. The first-order chi connectivity index (χ1) is 7.68. The molecule has 1 nitrogen and oxygen atoms in total. The molecule has 2 rings (SSSR count). The predicted molar refractivity (Wildman–Crippen MR) is 69.4 cm³/mol. The fraction of sp³-hybridized carbons (Fsp3) is 0.600. The minimum atomic E-state index is 0.413. The Bertz CT molecular complexity index is 333. The molecule has 0 aliphatic carbocycles. The van der Waals surface area contributed by atoms with Crippen LogP contribution in [0.15, 0.2) is 30.3 Å². The van der Waals surface area contributed by atoms with Gasteiger partial charge in [-0.25, -0.2) is 0 Å². The molecule has 1 aliphatic heterocycles. The Morgan fingerprint density at radius 3 is 2.69 bits per heavy atom. The Morgan fingerprint density at radius 2 is 2.06 bits per heavy atom. The molecular weight excluding hydrogens is 194 g/mol. The van der Waals surface area contributed by atoms with Crippen molar-refractivity contribution in [2.45, 2.75) is 39.7 Å². The third-order valence-corrected chi connectivity index (χ3v) is 4.54. The Kier molecular flexibility index (Phi) is 3.34. The molecule has 0 radical (unpaired) electrons. The lowest BCUT2D eigenvalue weighted by Crippen LogP contribution is -2.31. The van der Waals surface area contributed by atoms with Crippen LogP contribution in [0.5, 0.6) is 0 Å². The lowest BCUT2D eigenvalue weighted by molar-refractivity contribution is 0.170. The highest BCUT2D eigenvalue weighted by atomic mass is 15.0. The van der Waals surface area contributed by atoms with Crippen molar-refractivity contribution in [2.24, 2.45) is 11.3 Å². The van der Waals surface area contributed by atoms with E-state index in [1.165, 1.54) is 18.4 Å². The highest BCUT2D eigenvalue weighted by Gasteiger charge is 2.42. The summed E-state index contributed by atoms with van der Waals surface area (Å²) in [4.78, 5) is 0. The standard InChI is InChI=1S/C15H23N/c1-4-12(2)15(3)10-11-16-14(15)13-8-6-5-7-9-13/h5-9,12,14,16H,4,10-11H2,1-3H3. The Morgan fingerprint density at radius 1 is 1.38 bits per heavy atom. The highest BCUT2D eigenvalue weighted by Crippen LogP contribution is 2.47. The molecule has 16 heavy (non-hydrogen) atoms. The number of hydrogen-bond acceptors (Lipinski definition) is 1. The largest absolute Gasteiger partial charge is 0.309 e. The summed E-state index contributed by atoms with van der Waals surface area (Å²) in [6, 6.07) is 11.4. The summed E-state index contributed by atoms with van der Waals surface area (Å²) in [6.07, 6.45) is 2.56. The molecule has 0 aromatic heterocycles. The third-order valence-electron chi connectivity index (χ3n) is 4.54. The van der Waals surface area contributed by atoms with Crippen LogP contribution >= 0.6 is 0 Å². The zero-order chi connectivity index (χ0) is 11.6. The van der Waals surface area contributed by atoms with Crippen molar-refractivity contribution < 1.29 is 0 Å². The number of hydrogen-bond donors (Lipinski definition) is 1. The lowest BCUT2D eigenvalue weighted by Gasteiger charge is -2.37. The Labute approximate surface area is 99.3 Å². The van der Waals surface area contributed by atoms with Gasteiger partial charge in [0.15, 0.2) is 0 Å². The van der Waals surface area contributed by atoms with Gasteiger partial charge in [-0.05, 0) is 29.9 Å². The molecule has 3 unspecified atom stereocenters. The molecule has 1 aromatic rings. The van der Waals surface area contributed by atoms with Crippen LogP contribution < -0.4 is 5.32 Å². The van der Waals surface area contributed by atoms with Crippen LogP contribution in [0, 0.1) is 11.3 Å². The summed E-state index contributed by atoms with van der Waals surface area (Å²) in [6.45, 7) is 8.29. The topological polar surface area (TPSA) is 12.0 Å². The SMILES string of the molecule is CCC(C)C1(C)CCNC1c1ccccc1. The average molecular weight is 217 g/mol. The van der Waals surface area contributed by atoms with Crippen molar-refractivity contribution in [3.05, 3.63) is 35.9 Å². The molecule has 1 aliphatic rings. The monoisotopic (exact) mass is 217 g/mol. The van der Waals surface area contributed by atoms with Gasteiger partial charge in [0, 0.05) is 6.04 Å². The van der Waals surface area contributed by atoms with Gasteiger partial charge in [-0.1, -0.05) is 57.5 Å². The minimum Gasteiger partial charge on any atom is -0.309 e. The maximum atomic E-state index is 3.68. The zero-order valence-corrected chi connectivity index (χ0v) is 10.7. The van der Waals surface area contributed by atoms with Crippen molar-refractivity contribution in [2.75, 3.05) is 6.54 Å². The van der Waals surface area contributed by atoms with E-state index in [1.54, 1.807) is 0 Å². The molecule has 3 atom stereocenters. The van der Waals surface area contributed by atoms with E-state index in [0.717, 1.165) is 12.5 Å². The summed E-state index contributed by atoms with van der Waals surface area (Å²) in [5.41, 5.74) is 1.86. The van der Waals surface area contributed by atoms with Crippen LogP contribution in [0.4, 0.5) is 0 Å². The van der Waals surface area contributed by atoms with Gasteiger partial charge >= 0.3 is 0 Å². The van der Waals surface area contributed by atoms with Gasteiger partial charge in [-0.3, -0.25) is 0 Å². The predicted octanol–water partition coefficient (Wildman–Crippen LogP) is 3.77. The Balaban J connectivity index is 2.27. The molecule has 88 valence electrons. The second-order valence-electron chi connectivity index (χ2n) is 5.36. The van der Waals surface area contributed by atoms with E-state index in [4.69, 9.17) is 0 Å². The van der Waals surface area contributed by atoms with E-state index >= 15 is 0 Å². The van der Waals surface area contributed by atoms with E-state index in [2.05, 4.69) is 56.4 Å². The average Bonchev–Trinajstić information content (AvgIpc) is 2.72. The molecule has 0 bridgehead atoms. The summed E-state index contributed by atoms with van der Waals surface area (Å²) in [7, 11) is 0. The van der Waals surface area contributed by atoms with Gasteiger partial charge in [-0.15, -0.1) is 0 Å². The first kappa shape index (κ1) is 11.7. The van der Waals surface area contributed by atoms with Crippen molar-refractivity contribution in [3.8, 4) is 0 Å². The van der Waals surface area contributed by atoms with Crippen LogP contribution in [0.2, 0.25) is 0 Å². The van der Waals surface area contributed by atoms with Crippen molar-refractivity contribution >= 4 is 0 Å². The zero-order valence-electron chi connectivity index (χ0n) is 10.7. The highest BCUT2D eigenvalue weighted by molar-refractivity contribution is 5.23. The van der Waals surface area contributed by atoms with Crippen molar-refractivity contribution in [1.29, 1.82) is 0 Å². The van der Waals surface area contributed by atoms with Gasteiger partial charge in [0.2, 0.25) is 0 Å². The van der Waals surface area contributed by atoms with Gasteiger partial charge in [-0.2, -0.15) is 0 Å². The van der Waals surface area contributed by atoms with Crippen LogP contribution in [0.1, 0.15) is 45.2 Å². The summed E-state index contributed by atoms with van der Waals surface area (Å²) in [5.74, 6) is 0.771. The quantitative estimate of drug-likeness (QED) is 0.812. The Hall–Kier alpha value is -0.820. The van der Waals surface area contributed by atoms with Crippen LogP contribution in [0.25, 0.3) is 0 Å². The number of nitrogens with one attached hydrogen (secondary N) is 1. The summed E-state index contributed by atoms with van der Waals surface area (Å²) in [5, 5.41) is 3.68. The molecule has 1 aromatic carbocycles. The van der Waals surface area contributed by atoms with Gasteiger partial charge < -0.3 is 5.32 Å². The third kappa shape index (κ3) is 1.89. The first-order valence-electron chi connectivity index (χ1n) is 6.47. The number of rotatable bonds is 3. The van der Waals surface area contributed by atoms with Crippen molar-refractivity contribution in [3.63, 3.8) is 0 Å². The minimum absolute atomic E-state index is 0.413. The van der Waals surface area contributed by atoms with E-state index in [0.29, 0.717) is 11.5 Å². The fourth-order valence-electron chi connectivity index (χ4n) is 3.00. The normalized spacial score (nSPS) is 31.6. The maximum absolute atomic E-state index is 3.68. The molecule has 0 saturated carbocycles. The van der Waals surface area contributed by atoms with Crippen LogP contribution in [-0.4, -0.2) is 6.54 Å². The summed E-state index contributed by atoms with van der Waals surface area (Å²) < 4.78 is 0. The smallest absolute Gasteiger partial charge is 0.0377 e. The molecular formula is C15H23N. The molecule has 1 heterocycles. The van der Waals surface area contributed by atoms with Gasteiger partial charge in [0.1, 0.15) is 0 Å². The number of benzene rings is 1. The molecule has 1 fully saturated rings. The molecule has 1 heteroatoms. The van der Waals surface area contributed by atoms with E-state index in [-0.39, 0.29) is 0 Å². The van der Waals surface area contributed by atoms with E-state index in [1.807, 2.05) is 0 Å².